The summed E-state index contributed by atoms with van der Waals surface area (Å²) < 4.78 is 112. The van der Waals surface area contributed by atoms with Crippen LogP contribution in [0.3, 0.4) is 0 Å². The number of piperazine rings is 1. The van der Waals surface area contributed by atoms with Gasteiger partial charge in [-0.2, -0.15) is 9.40 Å². The van der Waals surface area contributed by atoms with E-state index in [0.29, 0.717) is 15.4 Å². The van der Waals surface area contributed by atoms with Gasteiger partial charge in [0.2, 0.25) is 15.9 Å². The lowest BCUT2D eigenvalue weighted by molar-refractivity contribution is -0.275. The summed E-state index contributed by atoms with van der Waals surface area (Å²) in [5.41, 5.74) is 5.70. The van der Waals surface area contributed by atoms with E-state index >= 15 is 0 Å². The predicted molar refractivity (Wildman–Crippen MR) is 152 cm³/mol. The van der Waals surface area contributed by atoms with Gasteiger partial charge in [-0.05, 0) is 42.0 Å². The van der Waals surface area contributed by atoms with Crippen molar-refractivity contribution in [3.63, 3.8) is 0 Å². The van der Waals surface area contributed by atoms with Crippen LogP contribution in [0.5, 0.6) is 11.5 Å². The van der Waals surface area contributed by atoms with Gasteiger partial charge < -0.3 is 25.4 Å². The summed E-state index contributed by atoms with van der Waals surface area (Å²) in [4.78, 5) is 31.0. The number of nitrogens with one attached hydrogen (secondary N) is 1. The Morgan fingerprint density at radius 3 is 2.13 bits per heavy atom. The van der Waals surface area contributed by atoms with Crippen LogP contribution in [0.4, 0.5) is 31.5 Å². The summed E-state index contributed by atoms with van der Waals surface area (Å²) in [5.74, 6) is -2.82. The fourth-order valence-electron chi connectivity index (χ4n) is 4.57. The molecule has 2 aromatic heterocycles. The quantitative estimate of drug-likeness (QED) is 0.247. The van der Waals surface area contributed by atoms with Crippen molar-refractivity contribution in [2.75, 3.05) is 24.5 Å². The second-order valence-corrected chi connectivity index (χ2v) is 12.7. The average Bonchev–Trinajstić information content (AvgIpc) is 3.43. The lowest BCUT2D eigenvalue weighted by atomic mass is 10.1. The number of anilines is 1. The Labute approximate surface area is 264 Å². The molecule has 5 rings (SSSR count). The number of nitrogens with two attached hydrogens (primary N) is 1. The Morgan fingerprint density at radius 2 is 1.55 bits per heavy atom. The highest BCUT2D eigenvalue weighted by Crippen LogP contribution is 2.33. The number of amides is 2. The maximum atomic E-state index is 13.7. The van der Waals surface area contributed by atoms with Gasteiger partial charge in [0.15, 0.2) is 10.8 Å². The van der Waals surface area contributed by atoms with Crippen molar-refractivity contribution in [2.24, 2.45) is 5.73 Å². The van der Waals surface area contributed by atoms with Crippen molar-refractivity contribution in [3.05, 3.63) is 66.0 Å². The van der Waals surface area contributed by atoms with Crippen LogP contribution in [-0.4, -0.2) is 78.1 Å². The third kappa shape index (κ3) is 7.97. The van der Waals surface area contributed by atoms with Crippen LogP contribution in [-0.2, 0) is 21.4 Å². The number of ether oxygens (including phenoxy) is 2. The standard InChI is InChI=1S/C26H21F6N7O6S2/c27-25(28,29)44-15-3-1-14(2-4-15)11-34-23(41)18-13-38(24-36-20-19(46-24)12-35-37-21(20)22(33)40)9-10-39(18)47(42,43)17-7-5-16(6-8-17)45-26(30,31)32/h1-8,12,18H,9-11,13H2,(H2,33,40)(H,34,41)/t18-/m1/s1. The number of sulfonamides is 1. The highest BCUT2D eigenvalue weighted by Gasteiger charge is 2.41. The van der Waals surface area contributed by atoms with Crippen molar-refractivity contribution >= 4 is 48.5 Å². The van der Waals surface area contributed by atoms with Gasteiger partial charge in [-0.3, -0.25) is 9.59 Å². The molecular formula is C26H21F6N7O6S2. The zero-order valence-corrected chi connectivity index (χ0v) is 25.1. The van der Waals surface area contributed by atoms with Crippen LogP contribution in [0.25, 0.3) is 10.2 Å². The highest BCUT2D eigenvalue weighted by molar-refractivity contribution is 7.89. The van der Waals surface area contributed by atoms with Gasteiger partial charge in [-0.15, -0.1) is 31.4 Å². The highest BCUT2D eigenvalue weighted by atomic mass is 32.2. The number of benzene rings is 2. The van der Waals surface area contributed by atoms with Gasteiger partial charge in [0, 0.05) is 26.2 Å². The molecule has 250 valence electrons. The number of hydrogen-bond donors (Lipinski definition) is 2. The van der Waals surface area contributed by atoms with Crippen LogP contribution >= 0.6 is 11.3 Å². The molecule has 2 amide bonds. The molecule has 1 aliphatic heterocycles. The van der Waals surface area contributed by atoms with E-state index in [2.05, 4.69) is 30.0 Å². The molecule has 1 atom stereocenters. The summed E-state index contributed by atoms with van der Waals surface area (Å²) in [6.45, 7) is -0.740. The summed E-state index contributed by atoms with van der Waals surface area (Å²) in [5, 5.41) is 10.3. The monoisotopic (exact) mass is 705 g/mol. The number of fused-ring (bicyclic) bond motifs is 1. The van der Waals surface area contributed by atoms with Gasteiger partial charge in [0.05, 0.1) is 15.8 Å². The molecule has 0 saturated carbocycles. The maximum absolute atomic E-state index is 13.7. The van der Waals surface area contributed by atoms with E-state index in [0.717, 1.165) is 52.0 Å². The van der Waals surface area contributed by atoms with Crippen LogP contribution in [0.15, 0.2) is 59.6 Å². The molecule has 13 nitrogen and oxygen atoms in total. The first-order chi connectivity index (χ1) is 22.0. The Hall–Kier alpha value is -4.76. The summed E-state index contributed by atoms with van der Waals surface area (Å²) >= 11 is 1.08. The molecule has 1 saturated heterocycles. The number of nitrogens with zero attached hydrogens (tertiary/aromatic N) is 5. The van der Waals surface area contributed by atoms with Gasteiger partial charge in [0.1, 0.15) is 23.1 Å². The zero-order valence-electron chi connectivity index (χ0n) is 23.4. The van der Waals surface area contributed by atoms with Gasteiger partial charge in [-0.25, -0.2) is 13.4 Å². The number of carbonyl (C=O) groups is 2. The third-order valence-corrected chi connectivity index (χ3v) is 9.60. The first-order valence-electron chi connectivity index (χ1n) is 13.2. The lowest BCUT2D eigenvalue weighted by Gasteiger charge is -2.39. The number of aromatic nitrogens is 3. The second kappa shape index (κ2) is 12.8. The molecule has 2 aromatic carbocycles. The molecule has 4 aromatic rings. The Morgan fingerprint density at radius 1 is 0.957 bits per heavy atom. The first kappa shape index (κ1) is 33.6. The smallest absolute Gasteiger partial charge is 0.406 e. The fraction of sp³-hybridized carbons (Fsp3) is 0.269. The van der Waals surface area contributed by atoms with Crippen LogP contribution < -0.4 is 25.4 Å². The molecule has 21 heteroatoms. The Bertz CT molecular complexity index is 1890. The van der Waals surface area contributed by atoms with Gasteiger partial charge in [-0.1, -0.05) is 23.5 Å². The topological polar surface area (TPSA) is 170 Å². The van der Waals surface area contributed by atoms with E-state index in [-0.39, 0.29) is 37.4 Å². The normalized spacial score (nSPS) is 16.2. The average molecular weight is 706 g/mol. The minimum atomic E-state index is -5.00. The molecule has 0 bridgehead atoms. The van der Waals surface area contributed by atoms with Crippen molar-refractivity contribution in [2.45, 2.75) is 30.2 Å². The maximum Gasteiger partial charge on any atom is 0.573 e. The zero-order chi connectivity index (χ0) is 34.1. The molecular weight excluding hydrogens is 684 g/mol. The van der Waals surface area contributed by atoms with E-state index in [1.54, 1.807) is 4.90 Å². The van der Waals surface area contributed by atoms with Crippen molar-refractivity contribution in [1.29, 1.82) is 0 Å². The first-order valence-corrected chi connectivity index (χ1v) is 15.4. The van der Waals surface area contributed by atoms with E-state index in [9.17, 15) is 44.3 Å². The van der Waals surface area contributed by atoms with Crippen molar-refractivity contribution in [1.82, 2.24) is 24.8 Å². The molecule has 3 heterocycles. The van der Waals surface area contributed by atoms with Crippen LogP contribution in [0.2, 0.25) is 0 Å². The number of thiazole rings is 1. The van der Waals surface area contributed by atoms with Crippen molar-refractivity contribution in [3.8, 4) is 11.5 Å². The summed E-state index contributed by atoms with van der Waals surface area (Å²) in [6, 6.07) is 6.64. The molecule has 1 aliphatic rings. The number of halogens is 6. The molecule has 0 unspecified atom stereocenters. The number of alkyl halides is 6. The summed E-state index contributed by atoms with van der Waals surface area (Å²) in [7, 11) is -4.48. The van der Waals surface area contributed by atoms with E-state index in [4.69, 9.17) is 5.73 Å². The van der Waals surface area contributed by atoms with Crippen LogP contribution in [0, 0.1) is 0 Å². The Balaban J connectivity index is 1.41. The van der Waals surface area contributed by atoms with Crippen molar-refractivity contribution < 1.29 is 53.8 Å². The number of primary amides is 1. The van der Waals surface area contributed by atoms with Gasteiger partial charge >= 0.3 is 12.7 Å². The minimum Gasteiger partial charge on any atom is -0.406 e. The molecule has 1 fully saturated rings. The predicted octanol–water partition coefficient (Wildman–Crippen LogP) is 3.18. The third-order valence-electron chi connectivity index (χ3n) is 6.62. The fourth-order valence-corrected chi connectivity index (χ4v) is 7.11. The summed E-state index contributed by atoms with van der Waals surface area (Å²) in [6.07, 6.45) is -8.55. The van der Waals surface area contributed by atoms with E-state index < -0.39 is 57.0 Å². The van der Waals surface area contributed by atoms with Gasteiger partial charge in [0.25, 0.3) is 5.91 Å². The molecule has 0 spiro atoms. The molecule has 3 N–H and O–H groups in total. The lowest BCUT2D eigenvalue weighted by Crippen LogP contribution is -2.60. The number of carbonyl (C=O) groups excluding carboxylic acids is 2. The van der Waals surface area contributed by atoms with E-state index in [1.165, 1.54) is 18.3 Å². The molecule has 47 heavy (non-hydrogen) atoms. The minimum absolute atomic E-state index is 0.00549. The molecule has 0 aliphatic carbocycles. The largest absolute Gasteiger partial charge is 0.573 e. The molecule has 0 radical (unpaired) electrons. The number of hydrogen-bond acceptors (Lipinski definition) is 11. The van der Waals surface area contributed by atoms with E-state index in [1.807, 2.05) is 0 Å². The van der Waals surface area contributed by atoms with Crippen LogP contribution in [0.1, 0.15) is 16.1 Å². The number of rotatable bonds is 9. The second-order valence-electron chi connectivity index (χ2n) is 9.77. The SMILES string of the molecule is NC(=O)c1nncc2sc(N3CCN(S(=O)(=O)c4ccc(OC(F)(F)F)cc4)[C@@H](C(=O)NCc4ccc(OC(F)(F)F)cc4)C3)nc12. The Kier molecular flexibility index (Phi) is 9.15.